The molecule has 31 heavy (non-hydrogen) atoms. The van der Waals surface area contributed by atoms with Crippen molar-refractivity contribution in [2.45, 2.75) is 38.1 Å². The molecule has 7 heteroatoms. The van der Waals surface area contributed by atoms with Crippen LogP contribution in [0.5, 0.6) is 0 Å². The van der Waals surface area contributed by atoms with Crippen LogP contribution in [0.3, 0.4) is 0 Å². The predicted octanol–water partition coefficient (Wildman–Crippen LogP) is 4.79. The van der Waals surface area contributed by atoms with E-state index in [4.69, 9.17) is 4.98 Å². The standard InChI is InChI=1S/C24H25FN4O2/c1-2-3-15-8-9-19(18-12-27-23-17(18)10-16(25)11-26-23)28-22(15)29-21-14-6-4-13(5-7-14)20(21)24(30)31/h2,8-14,20-21H,1,3-7H2,(H,26,27)(H,28,29)(H,30,31). The van der Waals surface area contributed by atoms with Crippen molar-refractivity contribution in [2.24, 2.45) is 17.8 Å². The molecule has 3 aliphatic carbocycles. The zero-order valence-electron chi connectivity index (χ0n) is 17.1. The van der Waals surface area contributed by atoms with Gasteiger partial charge in [0.15, 0.2) is 0 Å². The third-order valence-corrected chi connectivity index (χ3v) is 6.92. The normalized spacial score (nSPS) is 24.9. The Morgan fingerprint density at radius 1 is 1.29 bits per heavy atom. The van der Waals surface area contributed by atoms with Gasteiger partial charge < -0.3 is 15.4 Å². The van der Waals surface area contributed by atoms with Gasteiger partial charge in [-0.05, 0) is 61.6 Å². The molecule has 0 aromatic carbocycles. The lowest BCUT2D eigenvalue weighted by Gasteiger charge is -2.47. The Kier molecular flexibility index (Phi) is 4.96. The minimum atomic E-state index is -0.730. The number of aliphatic carboxylic acids is 1. The second-order valence-electron chi connectivity index (χ2n) is 8.66. The van der Waals surface area contributed by atoms with Crippen LogP contribution in [0.1, 0.15) is 31.2 Å². The van der Waals surface area contributed by atoms with Crippen LogP contribution in [0.15, 0.2) is 43.2 Å². The number of carboxylic acid groups (broad SMARTS) is 1. The van der Waals surface area contributed by atoms with Crippen LogP contribution >= 0.6 is 0 Å². The van der Waals surface area contributed by atoms with E-state index in [1.165, 1.54) is 12.3 Å². The number of hydrogen-bond acceptors (Lipinski definition) is 4. The van der Waals surface area contributed by atoms with E-state index < -0.39 is 17.7 Å². The number of aromatic amines is 1. The van der Waals surface area contributed by atoms with Crippen molar-refractivity contribution in [2.75, 3.05) is 5.32 Å². The Morgan fingerprint density at radius 2 is 2.06 bits per heavy atom. The smallest absolute Gasteiger partial charge is 0.308 e. The number of hydrogen-bond donors (Lipinski definition) is 3. The van der Waals surface area contributed by atoms with Crippen LogP contribution in [-0.4, -0.2) is 32.1 Å². The van der Waals surface area contributed by atoms with E-state index in [1.807, 2.05) is 18.2 Å². The van der Waals surface area contributed by atoms with E-state index in [0.717, 1.165) is 36.8 Å². The highest BCUT2D eigenvalue weighted by Gasteiger charge is 2.47. The maximum absolute atomic E-state index is 13.8. The summed E-state index contributed by atoms with van der Waals surface area (Å²) in [5.74, 6) is -0.307. The average molecular weight is 420 g/mol. The molecule has 3 aromatic rings. The molecule has 3 heterocycles. The molecule has 0 spiro atoms. The van der Waals surface area contributed by atoms with Crippen molar-refractivity contribution in [3.05, 3.63) is 54.6 Å². The van der Waals surface area contributed by atoms with E-state index in [2.05, 4.69) is 21.9 Å². The Balaban J connectivity index is 1.55. The van der Waals surface area contributed by atoms with Crippen molar-refractivity contribution in [3.8, 4) is 11.3 Å². The van der Waals surface area contributed by atoms with E-state index >= 15 is 0 Å². The molecule has 3 N–H and O–H groups in total. The highest BCUT2D eigenvalue weighted by Crippen LogP contribution is 2.46. The molecule has 3 saturated carbocycles. The molecule has 0 aliphatic heterocycles. The summed E-state index contributed by atoms with van der Waals surface area (Å²) in [5, 5.41) is 14.1. The summed E-state index contributed by atoms with van der Waals surface area (Å²) in [6.07, 6.45) is 9.47. The summed E-state index contributed by atoms with van der Waals surface area (Å²) in [6.45, 7) is 3.84. The molecule has 0 amide bonds. The lowest BCUT2D eigenvalue weighted by molar-refractivity contribution is -0.148. The average Bonchev–Trinajstić information content (AvgIpc) is 3.18. The quantitative estimate of drug-likeness (QED) is 0.499. The topological polar surface area (TPSA) is 90.9 Å². The van der Waals surface area contributed by atoms with Crippen molar-refractivity contribution in [1.29, 1.82) is 0 Å². The summed E-state index contributed by atoms with van der Waals surface area (Å²) in [4.78, 5) is 24.1. The van der Waals surface area contributed by atoms with Gasteiger partial charge >= 0.3 is 5.97 Å². The fourth-order valence-corrected chi connectivity index (χ4v) is 5.44. The first-order valence-corrected chi connectivity index (χ1v) is 10.8. The minimum Gasteiger partial charge on any atom is -0.481 e. The number of halogens is 1. The number of rotatable bonds is 6. The van der Waals surface area contributed by atoms with Gasteiger partial charge in [0.25, 0.3) is 0 Å². The van der Waals surface area contributed by atoms with Gasteiger partial charge in [0.1, 0.15) is 17.3 Å². The Bertz CT molecular complexity index is 1150. The molecular formula is C24H25FN4O2. The molecule has 6 nitrogen and oxygen atoms in total. The molecule has 160 valence electrons. The first-order chi connectivity index (χ1) is 15.0. The lowest BCUT2D eigenvalue weighted by Crippen LogP contribution is -2.51. The molecular weight excluding hydrogens is 395 g/mol. The number of pyridine rings is 2. The number of nitrogens with one attached hydrogen (secondary N) is 2. The second kappa shape index (κ2) is 7.80. The van der Waals surface area contributed by atoms with E-state index in [0.29, 0.717) is 34.9 Å². The van der Waals surface area contributed by atoms with Crippen molar-refractivity contribution in [3.63, 3.8) is 0 Å². The van der Waals surface area contributed by atoms with Crippen LogP contribution in [0.25, 0.3) is 22.3 Å². The van der Waals surface area contributed by atoms with E-state index in [-0.39, 0.29) is 12.0 Å². The third-order valence-electron chi connectivity index (χ3n) is 6.92. The van der Waals surface area contributed by atoms with Crippen molar-refractivity contribution >= 4 is 22.8 Å². The summed E-state index contributed by atoms with van der Waals surface area (Å²) >= 11 is 0. The highest BCUT2D eigenvalue weighted by atomic mass is 19.1. The van der Waals surface area contributed by atoms with Crippen molar-refractivity contribution < 1.29 is 14.3 Å². The first kappa shape index (κ1) is 19.7. The maximum Gasteiger partial charge on any atom is 0.308 e. The van der Waals surface area contributed by atoms with Gasteiger partial charge in [-0.3, -0.25) is 4.79 Å². The van der Waals surface area contributed by atoms with Gasteiger partial charge in [-0.25, -0.2) is 14.4 Å². The van der Waals surface area contributed by atoms with E-state index in [1.54, 1.807) is 6.20 Å². The predicted molar refractivity (Wildman–Crippen MR) is 117 cm³/mol. The van der Waals surface area contributed by atoms with Crippen LogP contribution in [0, 0.1) is 23.6 Å². The second-order valence-corrected chi connectivity index (χ2v) is 8.66. The molecule has 2 atom stereocenters. The number of fused-ring (bicyclic) bond motifs is 4. The number of carboxylic acids is 1. The van der Waals surface area contributed by atoms with Gasteiger partial charge in [0, 0.05) is 23.2 Å². The molecule has 3 aromatic heterocycles. The number of aromatic nitrogens is 3. The Hall–Kier alpha value is -3.22. The summed E-state index contributed by atoms with van der Waals surface area (Å²) in [5.41, 5.74) is 3.00. The number of H-pyrrole nitrogens is 1. The number of anilines is 1. The molecule has 2 unspecified atom stereocenters. The zero-order chi connectivity index (χ0) is 21.5. The fourth-order valence-electron chi connectivity index (χ4n) is 5.44. The zero-order valence-corrected chi connectivity index (χ0v) is 17.1. The molecule has 6 rings (SSSR count). The summed E-state index contributed by atoms with van der Waals surface area (Å²) in [6, 6.07) is 5.19. The number of nitrogens with zero attached hydrogens (tertiary/aromatic N) is 2. The van der Waals surface area contributed by atoms with Crippen molar-refractivity contribution in [1.82, 2.24) is 15.0 Å². The Labute approximate surface area is 179 Å². The van der Waals surface area contributed by atoms with Crippen LogP contribution in [-0.2, 0) is 11.2 Å². The molecule has 3 fully saturated rings. The summed E-state index contributed by atoms with van der Waals surface area (Å²) in [7, 11) is 0. The van der Waals surface area contributed by atoms with Gasteiger partial charge in [-0.2, -0.15) is 0 Å². The highest BCUT2D eigenvalue weighted by molar-refractivity contribution is 5.92. The van der Waals surface area contributed by atoms with Crippen LogP contribution in [0.4, 0.5) is 10.2 Å². The van der Waals surface area contributed by atoms with Gasteiger partial charge in [-0.1, -0.05) is 12.1 Å². The first-order valence-electron chi connectivity index (χ1n) is 10.8. The van der Waals surface area contributed by atoms with Crippen LogP contribution in [0.2, 0.25) is 0 Å². The van der Waals surface area contributed by atoms with Gasteiger partial charge in [0.2, 0.25) is 0 Å². The molecule has 2 bridgehead atoms. The summed E-state index contributed by atoms with van der Waals surface area (Å²) < 4.78 is 13.8. The van der Waals surface area contributed by atoms with Gasteiger partial charge in [0.05, 0.1) is 17.8 Å². The lowest BCUT2D eigenvalue weighted by atomic mass is 9.61. The van der Waals surface area contributed by atoms with Crippen LogP contribution < -0.4 is 5.32 Å². The third kappa shape index (κ3) is 3.48. The fraction of sp³-hybridized carbons (Fsp3) is 0.375. The molecule has 0 radical (unpaired) electrons. The van der Waals surface area contributed by atoms with Gasteiger partial charge in [-0.15, -0.1) is 6.58 Å². The number of allylic oxidation sites excluding steroid dienone is 1. The SMILES string of the molecule is C=CCc1ccc(-c2c[nH]c3ncc(F)cc23)nc1NC1C2CCC(CC2)C1C(=O)O. The monoisotopic (exact) mass is 420 g/mol. The molecule has 3 aliphatic rings. The Morgan fingerprint density at radius 3 is 2.81 bits per heavy atom. The number of carbonyl (C=O) groups is 1. The minimum absolute atomic E-state index is 0.140. The van der Waals surface area contributed by atoms with E-state index in [9.17, 15) is 14.3 Å². The molecule has 0 saturated heterocycles. The maximum atomic E-state index is 13.8. The largest absolute Gasteiger partial charge is 0.481 e.